The number of para-hydroxylation sites is 1. The van der Waals surface area contributed by atoms with Gasteiger partial charge in [-0.1, -0.05) is 19.1 Å². The van der Waals surface area contributed by atoms with Gasteiger partial charge in [0.15, 0.2) is 17.4 Å². The fourth-order valence-electron chi connectivity index (χ4n) is 1.86. The Morgan fingerprint density at radius 3 is 2.43 bits per heavy atom. The van der Waals surface area contributed by atoms with E-state index in [1.807, 2.05) is 6.92 Å². The van der Waals surface area contributed by atoms with Crippen LogP contribution >= 0.6 is 15.9 Å². The Balaban J connectivity index is 2.19. The molecule has 0 radical (unpaired) electrons. The van der Waals surface area contributed by atoms with Crippen LogP contribution < -0.4 is 10.1 Å². The van der Waals surface area contributed by atoms with Crippen molar-refractivity contribution >= 4 is 15.9 Å². The topological polar surface area (TPSA) is 21.3 Å². The second-order valence-electron chi connectivity index (χ2n) is 4.60. The van der Waals surface area contributed by atoms with E-state index < -0.39 is 11.6 Å². The van der Waals surface area contributed by atoms with Crippen LogP contribution in [0.3, 0.4) is 0 Å². The minimum Gasteiger partial charge on any atom is -0.450 e. The van der Waals surface area contributed by atoms with Crippen LogP contribution in [0.25, 0.3) is 0 Å². The molecule has 21 heavy (non-hydrogen) atoms. The first-order chi connectivity index (χ1) is 10.1. The second kappa shape index (κ2) is 7.52. The molecule has 0 aliphatic rings. The van der Waals surface area contributed by atoms with Crippen LogP contribution in [0.1, 0.15) is 18.9 Å². The lowest BCUT2D eigenvalue weighted by Crippen LogP contribution is -2.14. The summed E-state index contributed by atoms with van der Waals surface area (Å²) in [6, 6.07) is 9.49. The van der Waals surface area contributed by atoms with Gasteiger partial charge in [0.25, 0.3) is 0 Å². The Hall–Kier alpha value is -1.46. The normalized spacial score (nSPS) is 10.7. The van der Waals surface area contributed by atoms with Crippen LogP contribution in [0.15, 0.2) is 40.9 Å². The summed E-state index contributed by atoms with van der Waals surface area (Å²) in [5.74, 6) is -1.44. The van der Waals surface area contributed by atoms with Crippen LogP contribution in [0.5, 0.6) is 11.5 Å². The lowest BCUT2D eigenvalue weighted by atomic mass is 10.2. The van der Waals surface area contributed by atoms with Crippen molar-refractivity contribution in [3.63, 3.8) is 0 Å². The molecule has 0 fully saturated rings. The quantitative estimate of drug-likeness (QED) is 0.734. The molecule has 0 saturated heterocycles. The molecule has 0 saturated carbocycles. The molecule has 1 N–H and O–H groups in total. The molecule has 2 rings (SSSR count). The molecule has 0 unspecified atom stereocenters. The predicted molar refractivity (Wildman–Crippen MR) is 82.6 cm³/mol. The van der Waals surface area contributed by atoms with E-state index in [4.69, 9.17) is 4.74 Å². The first kappa shape index (κ1) is 15.9. The van der Waals surface area contributed by atoms with Gasteiger partial charge in [-0.2, -0.15) is 0 Å². The average Bonchev–Trinajstić information content (AvgIpc) is 2.45. The molecular weight excluding hydrogens is 340 g/mol. The highest BCUT2D eigenvalue weighted by Crippen LogP contribution is 2.33. The molecule has 0 amide bonds. The fourth-order valence-corrected chi connectivity index (χ4v) is 2.22. The molecule has 112 valence electrons. The third kappa shape index (κ3) is 4.25. The maximum Gasteiger partial charge on any atom is 0.198 e. The summed E-state index contributed by atoms with van der Waals surface area (Å²) in [5, 5.41) is 3.10. The summed E-state index contributed by atoms with van der Waals surface area (Å²) in [6.07, 6.45) is 0.966. The zero-order valence-corrected chi connectivity index (χ0v) is 13.2. The number of rotatable bonds is 6. The van der Waals surface area contributed by atoms with Crippen molar-refractivity contribution in [1.29, 1.82) is 0 Å². The monoisotopic (exact) mass is 355 g/mol. The molecule has 2 nitrogen and oxygen atoms in total. The summed E-state index contributed by atoms with van der Waals surface area (Å²) in [4.78, 5) is 0. The average molecular weight is 356 g/mol. The minimum absolute atomic E-state index is 0.368. The van der Waals surface area contributed by atoms with Gasteiger partial charge in [-0.25, -0.2) is 8.78 Å². The van der Waals surface area contributed by atoms with Crippen molar-refractivity contribution in [3.05, 3.63) is 58.1 Å². The molecule has 2 aromatic carbocycles. The number of halogens is 3. The number of hydrogen-bond donors (Lipinski definition) is 1. The van der Waals surface area contributed by atoms with Crippen LogP contribution in [0.2, 0.25) is 0 Å². The van der Waals surface area contributed by atoms with Gasteiger partial charge >= 0.3 is 0 Å². The Kier molecular flexibility index (Phi) is 5.70. The zero-order chi connectivity index (χ0) is 15.2. The van der Waals surface area contributed by atoms with Crippen LogP contribution in [0, 0.1) is 11.6 Å². The van der Waals surface area contributed by atoms with E-state index in [2.05, 4.69) is 21.2 Å². The number of nitrogens with one attached hydrogen (secondary N) is 1. The summed E-state index contributed by atoms with van der Waals surface area (Å²) in [5.41, 5.74) is 0.554. The highest BCUT2D eigenvalue weighted by Gasteiger charge is 2.14. The number of benzene rings is 2. The predicted octanol–water partition coefficient (Wildman–Crippen LogP) is 5.02. The van der Waals surface area contributed by atoms with E-state index in [0.717, 1.165) is 13.0 Å². The van der Waals surface area contributed by atoms with Crippen molar-refractivity contribution in [3.8, 4) is 11.5 Å². The molecule has 0 aromatic heterocycles. The van der Waals surface area contributed by atoms with Gasteiger partial charge in [0, 0.05) is 6.54 Å². The van der Waals surface area contributed by atoms with Gasteiger partial charge in [-0.05, 0) is 58.7 Å². The van der Waals surface area contributed by atoms with Gasteiger partial charge in [0.2, 0.25) is 0 Å². The van der Waals surface area contributed by atoms with E-state index in [0.29, 0.717) is 22.3 Å². The van der Waals surface area contributed by atoms with Gasteiger partial charge in [-0.15, -0.1) is 0 Å². The van der Waals surface area contributed by atoms with E-state index in [1.54, 1.807) is 24.3 Å². The van der Waals surface area contributed by atoms with Crippen molar-refractivity contribution in [1.82, 2.24) is 5.32 Å². The molecular formula is C16H16BrF2NO. The smallest absolute Gasteiger partial charge is 0.198 e. The largest absolute Gasteiger partial charge is 0.450 e. The Morgan fingerprint density at radius 2 is 1.81 bits per heavy atom. The minimum atomic E-state index is -0.709. The molecule has 5 heteroatoms. The molecule has 0 spiro atoms. The maximum absolute atomic E-state index is 14.0. The first-order valence-electron chi connectivity index (χ1n) is 6.73. The van der Waals surface area contributed by atoms with Gasteiger partial charge in [0.1, 0.15) is 5.75 Å². The summed E-state index contributed by atoms with van der Waals surface area (Å²) in [6.45, 7) is 3.26. The lowest BCUT2D eigenvalue weighted by Gasteiger charge is -2.11. The van der Waals surface area contributed by atoms with Gasteiger partial charge in [0.05, 0.1) is 4.47 Å². The fraction of sp³-hybridized carbons (Fsp3) is 0.250. The van der Waals surface area contributed by atoms with Crippen LogP contribution in [-0.4, -0.2) is 6.54 Å². The standard InChI is InChI=1S/C16H16BrF2NO/c1-2-7-20-10-11-8-13(18)16(14(19)9-11)21-15-6-4-3-5-12(15)17/h3-6,8-9,20H,2,7,10H2,1H3. The maximum atomic E-state index is 14.0. The van der Waals surface area contributed by atoms with E-state index in [9.17, 15) is 8.78 Å². The summed E-state index contributed by atoms with van der Waals surface area (Å²) >= 11 is 3.28. The van der Waals surface area contributed by atoms with Crippen LogP contribution in [-0.2, 0) is 6.54 Å². The van der Waals surface area contributed by atoms with Crippen molar-refractivity contribution in [2.45, 2.75) is 19.9 Å². The summed E-state index contributed by atoms with van der Waals surface area (Å²) in [7, 11) is 0. The van der Waals surface area contributed by atoms with Crippen LogP contribution in [0.4, 0.5) is 8.78 Å². The molecule has 0 heterocycles. The van der Waals surface area contributed by atoms with Crippen molar-refractivity contribution in [2.75, 3.05) is 6.54 Å². The molecule has 0 aliphatic heterocycles. The Morgan fingerprint density at radius 1 is 1.14 bits per heavy atom. The zero-order valence-electron chi connectivity index (χ0n) is 11.6. The number of hydrogen-bond acceptors (Lipinski definition) is 2. The summed E-state index contributed by atoms with van der Waals surface area (Å²) < 4.78 is 34.0. The third-order valence-electron chi connectivity index (χ3n) is 2.86. The van der Waals surface area contributed by atoms with Crippen molar-refractivity contribution < 1.29 is 13.5 Å². The SMILES string of the molecule is CCCNCc1cc(F)c(Oc2ccccc2Br)c(F)c1. The van der Waals surface area contributed by atoms with E-state index >= 15 is 0 Å². The second-order valence-corrected chi connectivity index (χ2v) is 5.45. The highest BCUT2D eigenvalue weighted by atomic mass is 79.9. The van der Waals surface area contributed by atoms with Gasteiger partial charge < -0.3 is 10.1 Å². The molecule has 0 atom stereocenters. The lowest BCUT2D eigenvalue weighted by molar-refractivity contribution is 0.404. The Labute approximate surface area is 131 Å². The van der Waals surface area contributed by atoms with Gasteiger partial charge in [-0.3, -0.25) is 0 Å². The van der Waals surface area contributed by atoms with E-state index in [-0.39, 0.29) is 5.75 Å². The first-order valence-corrected chi connectivity index (χ1v) is 7.52. The molecule has 0 bridgehead atoms. The third-order valence-corrected chi connectivity index (χ3v) is 3.52. The van der Waals surface area contributed by atoms with Crippen molar-refractivity contribution in [2.24, 2.45) is 0 Å². The molecule has 0 aliphatic carbocycles. The van der Waals surface area contributed by atoms with E-state index in [1.165, 1.54) is 12.1 Å². The highest BCUT2D eigenvalue weighted by molar-refractivity contribution is 9.10. The number of ether oxygens (including phenoxy) is 1. The molecule has 2 aromatic rings. The Bertz CT molecular complexity index is 596.